The van der Waals surface area contributed by atoms with Crippen LogP contribution in [-0.2, 0) is 14.2 Å². The SMILES string of the molecule is C=C(CCC1(O)OC2CC3C4CC=C5CC(O)CC(O)C5(C)C4CCC3(C)C2C1C)COC1OC(CO)C(O)C(O)C1O. The molecule has 6 rings (SSSR count). The highest BCUT2D eigenvalue weighted by Gasteiger charge is 2.68. The Balaban J connectivity index is 1.08. The Morgan fingerprint density at radius 2 is 1.81 bits per heavy atom. The van der Waals surface area contributed by atoms with Gasteiger partial charge in [0.1, 0.15) is 24.4 Å². The number of aliphatic hydroxyl groups is 7. The van der Waals surface area contributed by atoms with Gasteiger partial charge >= 0.3 is 0 Å². The van der Waals surface area contributed by atoms with E-state index in [1.54, 1.807) is 0 Å². The molecule has 0 bridgehead atoms. The van der Waals surface area contributed by atoms with E-state index in [0.717, 1.165) is 25.7 Å². The Hall–Kier alpha value is -0.920. The van der Waals surface area contributed by atoms with E-state index in [0.29, 0.717) is 49.0 Å². The van der Waals surface area contributed by atoms with Crippen LogP contribution in [0.5, 0.6) is 0 Å². The lowest BCUT2D eigenvalue weighted by Crippen LogP contribution is -2.59. The van der Waals surface area contributed by atoms with Gasteiger partial charge in [0.2, 0.25) is 0 Å². The molecular weight excluding hydrogens is 556 g/mol. The molecule has 10 heteroatoms. The largest absolute Gasteiger partial charge is 0.394 e. The van der Waals surface area contributed by atoms with Crippen molar-refractivity contribution in [3.05, 3.63) is 23.8 Å². The first-order valence-electron chi connectivity index (χ1n) is 16.3. The average molecular weight is 609 g/mol. The molecule has 0 aromatic carbocycles. The van der Waals surface area contributed by atoms with Crippen LogP contribution in [0.4, 0.5) is 0 Å². The standard InChI is InChI=1S/C33H52O10/c1-16(15-41-30-29(39)28(38)27(37)24(14-34)42-30)7-10-33(40)17(2)26-23(43-33)13-22-20-6-5-18-11-19(35)12-25(36)32(18,4)21(20)8-9-31(22,26)3/h5,17,19-30,34-40H,1,6-15H2,2-4H3. The van der Waals surface area contributed by atoms with Crippen LogP contribution in [0, 0.1) is 40.4 Å². The van der Waals surface area contributed by atoms with Gasteiger partial charge in [-0.15, -0.1) is 0 Å². The molecule has 0 aromatic rings. The second-order valence-electron chi connectivity index (χ2n) is 15.1. The van der Waals surface area contributed by atoms with Crippen LogP contribution in [0.3, 0.4) is 0 Å². The number of allylic oxidation sites excluding steroid dienone is 1. The number of fused-ring (bicyclic) bond motifs is 7. The third-order valence-corrected chi connectivity index (χ3v) is 13.0. The van der Waals surface area contributed by atoms with E-state index in [-0.39, 0.29) is 35.4 Å². The lowest BCUT2D eigenvalue weighted by atomic mass is 9.46. The van der Waals surface area contributed by atoms with E-state index in [1.807, 2.05) is 0 Å². The molecule has 244 valence electrons. The molecule has 5 fully saturated rings. The third-order valence-electron chi connectivity index (χ3n) is 13.0. The maximum absolute atomic E-state index is 11.8. The van der Waals surface area contributed by atoms with Crippen molar-refractivity contribution in [2.24, 2.45) is 40.4 Å². The highest BCUT2D eigenvalue weighted by atomic mass is 16.7. The third kappa shape index (κ3) is 4.99. The van der Waals surface area contributed by atoms with Gasteiger partial charge in [-0.05, 0) is 67.6 Å². The first-order chi connectivity index (χ1) is 20.2. The smallest absolute Gasteiger partial charge is 0.187 e. The maximum atomic E-state index is 11.8. The molecule has 2 aliphatic heterocycles. The van der Waals surface area contributed by atoms with Crippen LogP contribution in [-0.4, -0.2) is 104 Å². The summed E-state index contributed by atoms with van der Waals surface area (Å²) < 4.78 is 17.6. The van der Waals surface area contributed by atoms with E-state index in [2.05, 4.69) is 33.4 Å². The summed E-state index contributed by atoms with van der Waals surface area (Å²) in [7, 11) is 0. The first kappa shape index (κ1) is 32.0. The Morgan fingerprint density at radius 1 is 1.07 bits per heavy atom. The van der Waals surface area contributed by atoms with E-state index in [1.165, 1.54) is 5.57 Å². The molecule has 2 saturated heterocycles. The number of aliphatic hydroxyl groups excluding tert-OH is 6. The van der Waals surface area contributed by atoms with E-state index >= 15 is 0 Å². The molecule has 3 saturated carbocycles. The van der Waals surface area contributed by atoms with Crippen molar-refractivity contribution in [2.75, 3.05) is 13.2 Å². The van der Waals surface area contributed by atoms with Crippen molar-refractivity contribution < 1.29 is 50.0 Å². The summed E-state index contributed by atoms with van der Waals surface area (Å²) in [5.41, 5.74) is 1.64. The van der Waals surface area contributed by atoms with E-state index in [4.69, 9.17) is 14.2 Å². The monoisotopic (exact) mass is 608 g/mol. The van der Waals surface area contributed by atoms with Crippen molar-refractivity contribution in [3.63, 3.8) is 0 Å². The van der Waals surface area contributed by atoms with Crippen LogP contribution in [0.15, 0.2) is 23.8 Å². The molecule has 0 aromatic heterocycles. The van der Waals surface area contributed by atoms with Gasteiger partial charge in [-0.3, -0.25) is 0 Å². The number of rotatable bonds is 7. The van der Waals surface area contributed by atoms with Crippen molar-refractivity contribution in [3.8, 4) is 0 Å². The Morgan fingerprint density at radius 3 is 2.53 bits per heavy atom. The number of hydrogen-bond acceptors (Lipinski definition) is 10. The minimum atomic E-state index is -1.51. The molecule has 7 N–H and O–H groups in total. The highest BCUT2D eigenvalue weighted by Crippen LogP contribution is 2.70. The minimum absolute atomic E-state index is 0.0139. The van der Waals surface area contributed by atoms with Gasteiger partial charge in [0, 0.05) is 24.2 Å². The molecule has 0 radical (unpaired) electrons. The fraction of sp³-hybridized carbons (Fsp3) is 0.879. The van der Waals surface area contributed by atoms with Crippen LogP contribution in [0.1, 0.15) is 72.1 Å². The normalized spacial score (nSPS) is 54.3. The molecule has 43 heavy (non-hydrogen) atoms. The zero-order valence-electron chi connectivity index (χ0n) is 25.7. The molecular formula is C33H52O10. The van der Waals surface area contributed by atoms with Crippen molar-refractivity contribution >= 4 is 0 Å². The summed E-state index contributed by atoms with van der Waals surface area (Å²) in [4.78, 5) is 0. The second kappa shape index (κ2) is 11.4. The molecule has 0 amide bonds. The lowest BCUT2D eigenvalue weighted by Gasteiger charge is -2.59. The quantitative estimate of drug-likeness (QED) is 0.210. The number of hydrogen-bond donors (Lipinski definition) is 7. The predicted molar refractivity (Wildman–Crippen MR) is 155 cm³/mol. The van der Waals surface area contributed by atoms with Gasteiger partial charge in [-0.25, -0.2) is 0 Å². The van der Waals surface area contributed by atoms with E-state index < -0.39 is 55.3 Å². The van der Waals surface area contributed by atoms with Crippen molar-refractivity contribution in [2.45, 2.75) is 127 Å². The molecule has 4 aliphatic carbocycles. The topological polar surface area (TPSA) is 169 Å². The van der Waals surface area contributed by atoms with Crippen LogP contribution >= 0.6 is 0 Å². The summed E-state index contributed by atoms with van der Waals surface area (Å²) >= 11 is 0. The Labute approximate surface area is 254 Å². The number of ether oxygens (including phenoxy) is 3. The zero-order chi connectivity index (χ0) is 31.1. The zero-order valence-corrected chi connectivity index (χ0v) is 25.7. The van der Waals surface area contributed by atoms with Gasteiger partial charge in [-0.2, -0.15) is 0 Å². The molecule has 0 spiro atoms. The summed E-state index contributed by atoms with van der Waals surface area (Å²) in [5, 5.41) is 72.9. The predicted octanol–water partition coefficient (Wildman–Crippen LogP) is 1.38. The van der Waals surface area contributed by atoms with Gasteiger partial charge in [0.15, 0.2) is 12.1 Å². The maximum Gasteiger partial charge on any atom is 0.187 e. The Kier molecular flexibility index (Phi) is 8.49. The van der Waals surface area contributed by atoms with E-state index in [9.17, 15) is 35.7 Å². The summed E-state index contributed by atoms with van der Waals surface area (Å²) in [5.74, 6) is 0.124. The summed E-state index contributed by atoms with van der Waals surface area (Å²) in [6, 6.07) is 0. The van der Waals surface area contributed by atoms with Crippen molar-refractivity contribution in [1.82, 2.24) is 0 Å². The average Bonchev–Trinajstić information content (AvgIpc) is 3.40. The van der Waals surface area contributed by atoms with Crippen molar-refractivity contribution in [1.29, 1.82) is 0 Å². The highest BCUT2D eigenvalue weighted by molar-refractivity contribution is 5.28. The fourth-order valence-electron chi connectivity index (χ4n) is 10.5. The first-order valence-corrected chi connectivity index (χ1v) is 16.3. The van der Waals surface area contributed by atoms with Crippen LogP contribution in [0.25, 0.3) is 0 Å². The minimum Gasteiger partial charge on any atom is -0.394 e. The Bertz CT molecular complexity index is 1100. The van der Waals surface area contributed by atoms with Crippen LogP contribution < -0.4 is 0 Å². The second-order valence-corrected chi connectivity index (χ2v) is 15.1. The molecule has 2 heterocycles. The fourth-order valence-corrected chi connectivity index (χ4v) is 10.5. The van der Waals surface area contributed by atoms with Gasteiger partial charge < -0.3 is 50.0 Å². The van der Waals surface area contributed by atoms with Gasteiger partial charge in [0.25, 0.3) is 0 Å². The van der Waals surface area contributed by atoms with Gasteiger partial charge in [-0.1, -0.05) is 44.6 Å². The molecule has 10 nitrogen and oxygen atoms in total. The molecule has 16 unspecified atom stereocenters. The summed E-state index contributed by atoms with van der Waals surface area (Å²) in [6.07, 6.45) is 0.393. The van der Waals surface area contributed by atoms with Crippen LogP contribution in [0.2, 0.25) is 0 Å². The van der Waals surface area contributed by atoms with Gasteiger partial charge in [0.05, 0.1) is 31.5 Å². The molecule has 16 atom stereocenters. The summed E-state index contributed by atoms with van der Waals surface area (Å²) in [6.45, 7) is 10.3. The lowest BCUT2D eigenvalue weighted by molar-refractivity contribution is -0.299. The molecule has 6 aliphatic rings.